The van der Waals surface area contributed by atoms with Crippen molar-refractivity contribution in [3.63, 3.8) is 0 Å². The third-order valence-electron chi connectivity index (χ3n) is 4.07. The minimum absolute atomic E-state index is 0.272. The highest BCUT2D eigenvalue weighted by molar-refractivity contribution is 6.06. The van der Waals surface area contributed by atoms with E-state index < -0.39 is 5.91 Å². The van der Waals surface area contributed by atoms with E-state index in [1.165, 1.54) is 12.1 Å². The van der Waals surface area contributed by atoms with Crippen molar-refractivity contribution in [1.29, 1.82) is 0 Å². The Kier molecular flexibility index (Phi) is 6.69. The lowest BCUT2D eigenvalue weighted by atomic mass is 10.1. The van der Waals surface area contributed by atoms with E-state index in [0.717, 1.165) is 5.56 Å². The van der Waals surface area contributed by atoms with Gasteiger partial charge in [0.25, 0.3) is 5.91 Å². The second-order valence-corrected chi connectivity index (χ2v) is 7.90. The second-order valence-electron chi connectivity index (χ2n) is 7.90. The number of halogens is 1. The minimum atomic E-state index is -0.418. The first kappa shape index (κ1) is 22.0. The summed E-state index contributed by atoms with van der Waals surface area (Å²) < 4.78 is 18.6. The third kappa shape index (κ3) is 6.40. The molecule has 0 unspecified atom stereocenters. The SMILES string of the molecule is CCOc1cccc(C(=O)/N=C(\Nc2cc(-c3ccc(F)cc3)n[nH]2)NC(C)(C)C)c1. The highest BCUT2D eigenvalue weighted by Gasteiger charge is 2.16. The quantitative estimate of drug-likeness (QED) is 0.412. The first-order valence-electron chi connectivity index (χ1n) is 9.96. The summed E-state index contributed by atoms with van der Waals surface area (Å²) >= 11 is 0. The molecule has 0 bridgehead atoms. The predicted octanol–water partition coefficient (Wildman–Crippen LogP) is 4.61. The van der Waals surface area contributed by atoms with Crippen LogP contribution in [0.2, 0.25) is 0 Å². The van der Waals surface area contributed by atoms with Gasteiger partial charge < -0.3 is 15.4 Å². The van der Waals surface area contributed by atoms with Gasteiger partial charge in [-0.25, -0.2) is 4.39 Å². The molecule has 8 heteroatoms. The Hall–Kier alpha value is -3.68. The van der Waals surface area contributed by atoms with Crippen molar-refractivity contribution in [3.05, 3.63) is 66.0 Å². The molecule has 0 fully saturated rings. The van der Waals surface area contributed by atoms with Gasteiger partial charge >= 0.3 is 0 Å². The fourth-order valence-electron chi connectivity index (χ4n) is 2.78. The van der Waals surface area contributed by atoms with Crippen molar-refractivity contribution in [3.8, 4) is 17.0 Å². The molecule has 1 amide bonds. The normalized spacial score (nSPS) is 11.8. The molecule has 0 spiro atoms. The summed E-state index contributed by atoms with van der Waals surface area (Å²) in [6.07, 6.45) is 0. The van der Waals surface area contributed by atoms with Crippen LogP contribution in [0, 0.1) is 5.82 Å². The molecule has 0 saturated heterocycles. The lowest BCUT2D eigenvalue weighted by Gasteiger charge is -2.23. The van der Waals surface area contributed by atoms with Crippen LogP contribution < -0.4 is 15.4 Å². The van der Waals surface area contributed by atoms with Gasteiger partial charge in [0.2, 0.25) is 5.96 Å². The number of amides is 1. The van der Waals surface area contributed by atoms with E-state index in [0.29, 0.717) is 29.4 Å². The van der Waals surface area contributed by atoms with Crippen LogP contribution in [0.3, 0.4) is 0 Å². The number of benzene rings is 2. The average molecular weight is 423 g/mol. The number of nitrogens with one attached hydrogen (secondary N) is 3. The molecule has 0 aliphatic rings. The molecule has 3 aromatic rings. The van der Waals surface area contributed by atoms with Gasteiger partial charge in [-0.15, -0.1) is 0 Å². The predicted molar refractivity (Wildman–Crippen MR) is 120 cm³/mol. The summed E-state index contributed by atoms with van der Waals surface area (Å²) in [7, 11) is 0. The highest BCUT2D eigenvalue weighted by Crippen LogP contribution is 2.20. The Morgan fingerprint density at radius 1 is 1.16 bits per heavy atom. The summed E-state index contributed by atoms with van der Waals surface area (Å²) in [5, 5.41) is 13.4. The smallest absolute Gasteiger partial charge is 0.280 e. The summed E-state index contributed by atoms with van der Waals surface area (Å²) in [5.74, 6) is 0.686. The summed E-state index contributed by atoms with van der Waals surface area (Å²) in [6, 6.07) is 14.7. The number of carbonyl (C=O) groups excluding carboxylic acids is 1. The molecule has 1 aromatic heterocycles. The van der Waals surface area contributed by atoms with Gasteiger partial charge in [0.05, 0.1) is 12.3 Å². The number of hydrogen-bond donors (Lipinski definition) is 3. The van der Waals surface area contributed by atoms with Crippen molar-refractivity contribution >= 4 is 17.7 Å². The number of anilines is 1. The molecule has 0 aliphatic carbocycles. The maximum absolute atomic E-state index is 13.2. The number of aliphatic imine (C=N–C) groups is 1. The fourth-order valence-corrected chi connectivity index (χ4v) is 2.78. The lowest BCUT2D eigenvalue weighted by Crippen LogP contribution is -2.44. The second kappa shape index (κ2) is 9.42. The van der Waals surface area contributed by atoms with E-state index in [-0.39, 0.29) is 17.3 Å². The molecule has 0 radical (unpaired) electrons. The summed E-state index contributed by atoms with van der Waals surface area (Å²) in [6.45, 7) is 8.27. The molecule has 1 heterocycles. The minimum Gasteiger partial charge on any atom is -0.494 e. The lowest BCUT2D eigenvalue weighted by molar-refractivity contribution is 0.100. The van der Waals surface area contributed by atoms with E-state index in [1.54, 1.807) is 42.5 Å². The van der Waals surface area contributed by atoms with Crippen molar-refractivity contribution in [2.75, 3.05) is 11.9 Å². The Balaban J connectivity index is 1.83. The van der Waals surface area contributed by atoms with E-state index in [9.17, 15) is 9.18 Å². The van der Waals surface area contributed by atoms with Gasteiger partial charge in [0.15, 0.2) is 0 Å². The van der Waals surface area contributed by atoms with Gasteiger partial charge in [0, 0.05) is 22.7 Å². The molecule has 0 atom stereocenters. The van der Waals surface area contributed by atoms with E-state index in [1.807, 2.05) is 27.7 Å². The number of ether oxygens (including phenoxy) is 1. The number of aromatic nitrogens is 2. The Bertz CT molecular complexity index is 1070. The third-order valence-corrected chi connectivity index (χ3v) is 4.07. The first-order chi connectivity index (χ1) is 14.7. The molecule has 31 heavy (non-hydrogen) atoms. The Morgan fingerprint density at radius 2 is 1.90 bits per heavy atom. The van der Waals surface area contributed by atoms with Crippen LogP contribution in [0.5, 0.6) is 5.75 Å². The zero-order valence-corrected chi connectivity index (χ0v) is 18.0. The van der Waals surface area contributed by atoms with Gasteiger partial charge in [-0.1, -0.05) is 6.07 Å². The number of hydrogen-bond acceptors (Lipinski definition) is 3. The molecule has 3 N–H and O–H groups in total. The van der Waals surface area contributed by atoms with Crippen molar-refractivity contribution in [1.82, 2.24) is 15.5 Å². The van der Waals surface area contributed by atoms with Crippen LogP contribution in [0.15, 0.2) is 59.6 Å². The number of rotatable bonds is 5. The monoisotopic (exact) mass is 423 g/mol. The Morgan fingerprint density at radius 3 is 2.58 bits per heavy atom. The zero-order valence-electron chi connectivity index (χ0n) is 18.0. The van der Waals surface area contributed by atoms with Crippen LogP contribution in [-0.4, -0.2) is 34.2 Å². The van der Waals surface area contributed by atoms with Crippen LogP contribution in [0.25, 0.3) is 11.3 Å². The summed E-state index contributed by atoms with van der Waals surface area (Å²) in [4.78, 5) is 17.0. The molecule has 2 aromatic carbocycles. The molecule has 7 nitrogen and oxygen atoms in total. The average Bonchev–Trinajstić information content (AvgIpc) is 3.16. The fraction of sp³-hybridized carbons (Fsp3) is 0.261. The van der Waals surface area contributed by atoms with Crippen LogP contribution in [0.1, 0.15) is 38.1 Å². The van der Waals surface area contributed by atoms with Crippen molar-refractivity contribution < 1.29 is 13.9 Å². The van der Waals surface area contributed by atoms with Gasteiger partial charge in [-0.05, 0) is 70.2 Å². The number of guanidine groups is 1. The van der Waals surface area contributed by atoms with E-state index in [4.69, 9.17) is 4.74 Å². The molecule has 0 aliphatic heterocycles. The first-order valence-corrected chi connectivity index (χ1v) is 9.96. The van der Waals surface area contributed by atoms with Crippen molar-refractivity contribution in [2.24, 2.45) is 4.99 Å². The number of carbonyl (C=O) groups is 1. The zero-order chi connectivity index (χ0) is 22.4. The van der Waals surface area contributed by atoms with Crippen LogP contribution in [-0.2, 0) is 0 Å². The van der Waals surface area contributed by atoms with Gasteiger partial charge in [0.1, 0.15) is 17.4 Å². The van der Waals surface area contributed by atoms with E-state index in [2.05, 4.69) is 25.8 Å². The summed E-state index contributed by atoms with van der Waals surface area (Å²) in [5.41, 5.74) is 1.46. The maximum atomic E-state index is 13.2. The van der Waals surface area contributed by atoms with Crippen LogP contribution in [0.4, 0.5) is 10.2 Å². The number of H-pyrrole nitrogens is 1. The Labute approximate surface area is 180 Å². The molecule has 0 saturated carbocycles. The van der Waals surface area contributed by atoms with Crippen LogP contribution >= 0.6 is 0 Å². The molecule has 162 valence electrons. The van der Waals surface area contributed by atoms with Gasteiger partial charge in [-0.3, -0.25) is 9.89 Å². The molecular weight excluding hydrogens is 397 g/mol. The van der Waals surface area contributed by atoms with E-state index >= 15 is 0 Å². The highest BCUT2D eigenvalue weighted by atomic mass is 19.1. The van der Waals surface area contributed by atoms with Gasteiger partial charge in [-0.2, -0.15) is 10.1 Å². The topological polar surface area (TPSA) is 91.4 Å². The van der Waals surface area contributed by atoms with Crippen molar-refractivity contribution in [2.45, 2.75) is 33.2 Å². The standard InChI is InChI=1S/C23H26FN5O2/c1-5-31-18-8-6-7-16(13-18)21(30)26-22(27-23(2,3)4)25-20-14-19(28-29-20)15-9-11-17(24)12-10-15/h6-14H,5H2,1-4H3,(H3,25,26,27,28,29,30). The number of aromatic amines is 1. The maximum Gasteiger partial charge on any atom is 0.280 e. The number of nitrogens with zero attached hydrogens (tertiary/aromatic N) is 2. The molecule has 3 rings (SSSR count). The largest absolute Gasteiger partial charge is 0.494 e. The molecular formula is C23H26FN5O2.